The van der Waals surface area contributed by atoms with Crippen molar-refractivity contribution in [2.24, 2.45) is 10.7 Å². The molecule has 5 nitrogen and oxygen atoms in total. The first-order valence-electron chi connectivity index (χ1n) is 6.90. The molecule has 1 heterocycles. The molecule has 0 radical (unpaired) electrons. The smallest absolute Gasteiger partial charge is 0.191 e. The Morgan fingerprint density at radius 1 is 1.22 bits per heavy atom. The van der Waals surface area contributed by atoms with Gasteiger partial charge in [-0.15, -0.1) is 0 Å². The molecular formula is C13H28N4O. The van der Waals surface area contributed by atoms with Crippen LogP contribution in [0, 0.1) is 0 Å². The Hall–Kier alpha value is -0.810. The minimum atomic E-state index is 0.546. The lowest BCUT2D eigenvalue weighted by Gasteiger charge is -2.30. The van der Waals surface area contributed by atoms with Crippen LogP contribution in [0.5, 0.6) is 0 Å². The van der Waals surface area contributed by atoms with Crippen molar-refractivity contribution in [3.8, 4) is 0 Å². The number of hydrogen-bond donors (Lipinski definition) is 1. The van der Waals surface area contributed by atoms with Crippen LogP contribution in [0.15, 0.2) is 4.99 Å². The highest BCUT2D eigenvalue weighted by atomic mass is 16.5. The van der Waals surface area contributed by atoms with E-state index in [0.717, 1.165) is 39.4 Å². The molecule has 0 saturated carbocycles. The van der Waals surface area contributed by atoms with Crippen molar-refractivity contribution in [2.45, 2.75) is 39.8 Å². The first-order chi connectivity index (χ1) is 8.52. The lowest BCUT2D eigenvalue weighted by atomic mass is 10.2. The molecule has 0 atom stereocenters. The third kappa shape index (κ3) is 4.82. The number of guanidine groups is 1. The molecule has 106 valence electrons. The molecule has 1 aliphatic heterocycles. The van der Waals surface area contributed by atoms with E-state index in [9.17, 15) is 0 Å². The van der Waals surface area contributed by atoms with Gasteiger partial charge in [-0.05, 0) is 27.7 Å². The Kier molecular flexibility index (Phi) is 6.43. The second kappa shape index (κ2) is 7.59. The van der Waals surface area contributed by atoms with Crippen LogP contribution in [-0.2, 0) is 4.74 Å². The molecule has 0 bridgehead atoms. The van der Waals surface area contributed by atoms with Crippen LogP contribution < -0.4 is 5.73 Å². The summed E-state index contributed by atoms with van der Waals surface area (Å²) in [5.41, 5.74) is 5.99. The maximum atomic E-state index is 5.99. The predicted octanol–water partition coefficient (Wildman–Crippen LogP) is 0.752. The Balaban J connectivity index is 2.37. The fourth-order valence-electron chi connectivity index (χ4n) is 2.29. The van der Waals surface area contributed by atoms with E-state index in [-0.39, 0.29) is 0 Å². The minimum Gasteiger partial charge on any atom is -0.378 e. The van der Waals surface area contributed by atoms with Gasteiger partial charge in [-0.3, -0.25) is 9.89 Å². The zero-order chi connectivity index (χ0) is 13.5. The summed E-state index contributed by atoms with van der Waals surface area (Å²) in [6.07, 6.45) is 0. The molecule has 0 aromatic carbocycles. The normalized spacial score (nSPS) is 18.2. The SMILES string of the molecule is CC(C)N(CCN=C(N)N1CCOCC1)C(C)C. The number of hydrogen-bond acceptors (Lipinski definition) is 3. The van der Waals surface area contributed by atoms with Crippen LogP contribution in [0.2, 0.25) is 0 Å². The molecule has 0 aromatic heterocycles. The van der Waals surface area contributed by atoms with E-state index in [2.05, 4.69) is 42.5 Å². The van der Waals surface area contributed by atoms with Crippen LogP contribution >= 0.6 is 0 Å². The second-order valence-electron chi connectivity index (χ2n) is 5.26. The van der Waals surface area contributed by atoms with Crippen molar-refractivity contribution in [3.05, 3.63) is 0 Å². The van der Waals surface area contributed by atoms with Crippen molar-refractivity contribution in [2.75, 3.05) is 39.4 Å². The molecule has 0 unspecified atom stereocenters. The molecule has 18 heavy (non-hydrogen) atoms. The van der Waals surface area contributed by atoms with Gasteiger partial charge >= 0.3 is 0 Å². The molecule has 1 fully saturated rings. The summed E-state index contributed by atoms with van der Waals surface area (Å²) in [4.78, 5) is 9.00. The average molecular weight is 256 g/mol. The molecule has 0 aliphatic carbocycles. The highest BCUT2D eigenvalue weighted by Gasteiger charge is 2.14. The molecule has 1 aliphatic rings. The van der Waals surface area contributed by atoms with E-state index >= 15 is 0 Å². The molecule has 0 amide bonds. The number of rotatable bonds is 5. The highest BCUT2D eigenvalue weighted by Crippen LogP contribution is 2.04. The third-order valence-corrected chi connectivity index (χ3v) is 3.29. The molecule has 0 aromatic rings. The number of nitrogens with two attached hydrogens (primary N) is 1. The van der Waals surface area contributed by atoms with E-state index in [4.69, 9.17) is 10.5 Å². The van der Waals surface area contributed by atoms with E-state index in [1.165, 1.54) is 0 Å². The summed E-state index contributed by atoms with van der Waals surface area (Å²) in [7, 11) is 0. The monoisotopic (exact) mass is 256 g/mol. The summed E-state index contributed by atoms with van der Waals surface area (Å²) in [5.74, 6) is 0.658. The molecular weight excluding hydrogens is 228 g/mol. The van der Waals surface area contributed by atoms with E-state index < -0.39 is 0 Å². The first-order valence-corrected chi connectivity index (χ1v) is 6.90. The Morgan fingerprint density at radius 2 is 1.78 bits per heavy atom. The summed E-state index contributed by atoms with van der Waals surface area (Å²) < 4.78 is 5.30. The van der Waals surface area contributed by atoms with Crippen molar-refractivity contribution < 1.29 is 4.74 Å². The maximum absolute atomic E-state index is 5.99. The van der Waals surface area contributed by atoms with Gasteiger partial charge in [0, 0.05) is 31.7 Å². The van der Waals surface area contributed by atoms with Gasteiger partial charge in [-0.1, -0.05) is 0 Å². The quantitative estimate of drug-likeness (QED) is 0.582. The van der Waals surface area contributed by atoms with Gasteiger partial charge in [0.2, 0.25) is 0 Å². The van der Waals surface area contributed by atoms with Gasteiger partial charge in [-0.25, -0.2) is 0 Å². The molecule has 1 saturated heterocycles. The van der Waals surface area contributed by atoms with E-state index in [1.807, 2.05) is 0 Å². The van der Waals surface area contributed by atoms with Crippen molar-refractivity contribution in [1.82, 2.24) is 9.80 Å². The fraction of sp³-hybridized carbons (Fsp3) is 0.923. The van der Waals surface area contributed by atoms with E-state index in [0.29, 0.717) is 18.0 Å². The molecule has 2 N–H and O–H groups in total. The summed E-state index contributed by atoms with van der Waals surface area (Å²) in [5, 5.41) is 0. The Bertz CT molecular complexity index is 252. The van der Waals surface area contributed by atoms with Crippen molar-refractivity contribution >= 4 is 5.96 Å². The number of aliphatic imine (C=N–C) groups is 1. The molecule has 1 rings (SSSR count). The van der Waals surface area contributed by atoms with E-state index in [1.54, 1.807) is 0 Å². The Morgan fingerprint density at radius 3 is 2.28 bits per heavy atom. The van der Waals surface area contributed by atoms with Gasteiger partial charge in [0.05, 0.1) is 19.8 Å². The van der Waals surface area contributed by atoms with Crippen molar-refractivity contribution in [1.29, 1.82) is 0 Å². The maximum Gasteiger partial charge on any atom is 0.191 e. The topological polar surface area (TPSA) is 54.1 Å². The third-order valence-electron chi connectivity index (χ3n) is 3.29. The molecule has 0 spiro atoms. The number of morpholine rings is 1. The minimum absolute atomic E-state index is 0.546. The Labute approximate surface area is 111 Å². The average Bonchev–Trinajstić information content (AvgIpc) is 2.34. The predicted molar refractivity (Wildman–Crippen MR) is 75.9 cm³/mol. The van der Waals surface area contributed by atoms with Gasteiger partial charge in [-0.2, -0.15) is 0 Å². The van der Waals surface area contributed by atoms with Gasteiger partial charge in [0.15, 0.2) is 5.96 Å². The van der Waals surface area contributed by atoms with Gasteiger partial charge in [0.1, 0.15) is 0 Å². The van der Waals surface area contributed by atoms with Crippen LogP contribution in [-0.4, -0.2) is 67.2 Å². The summed E-state index contributed by atoms with van der Waals surface area (Å²) >= 11 is 0. The lowest BCUT2D eigenvalue weighted by molar-refractivity contribution is 0.0673. The largest absolute Gasteiger partial charge is 0.378 e. The number of ether oxygens (including phenoxy) is 1. The van der Waals surface area contributed by atoms with Crippen LogP contribution in [0.3, 0.4) is 0 Å². The summed E-state index contributed by atoms with van der Waals surface area (Å²) in [6.45, 7) is 13.8. The zero-order valence-electron chi connectivity index (χ0n) is 12.2. The van der Waals surface area contributed by atoms with Crippen LogP contribution in [0.25, 0.3) is 0 Å². The second-order valence-corrected chi connectivity index (χ2v) is 5.26. The first kappa shape index (κ1) is 15.2. The highest BCUT2D eigenvalue weighted by molar-refractivity contribution is 5.78. The number of nitrogens with zero attached hydrogens (tertiary/aromatic N) is 3. The van der Waals surface area contributed by atoms with Gasteiger partial charge < -0.3 is 15.4 Å². The standard InChI is InChI=1S/C13H28N4O/c1-11(2)17(12(3)4)6-5-15-13(14)16-7-9-18-10-8-16/h11-12H,5-10H2,1-4H3,(H2,14,15). The summed E-state index contributed by atoms with van der Waals surface area (Å²) in [6, 6.07) is 1.09. The molecule has 5 heteroatoms. The lowest BCUT2D eigenvalue weighted by Crippen LogP contribution is -2.45. The van der Waals surface area contributed by atoms with Gasteiger partial charge in [0.25, 0.3) is 0 Å². The van der Waals surface area contributed by atoms with Crippen LogP contribution in [0.1, 0.15) is 27.7 Å². The zero-order valence-corrected chi connectivity index (χ0v) is 12.2. The fourth-order valence-corrected chi connectivity index (χ4v) is 2.29. The van der Waals surface area contributed by atoms with Crippen LogP contribution in [0.4, 0.5) is 0 Å². The van der Waals surface area contributed by atoms with Crippen molar-refractivity contribution in [3.63, 3.8) is 0 Å².